The van der Waals surface area contributed by atoms with Gasteiger partial charge in [0.25, 0.3) is 0 Å². The van der Waals surface area contributed by atoms with Crippen molar-refractivity contribution in [2.75, 3.05) is 6.61 Å². The molecule has 0 fully saturated rings. The molecule has 0 saturated heterocycles. The third kappa shape index (κ3) is 4.15. The molecule has 3 aromatic rings. The van der Waals surface area contributed by atoms with E-state index in [0.717, 1.165) is 22.0 Å². The molecule has 0 atom stereocenters. The number of oxime groups is 1. The number of benzene rings is 2. The number of carboxylic acids is 1. The Morgan fingerprint density at radius 1 is 1.31 bits per heavy atom. The van der Waals surface area contributed by atoms with Crippen molar-refractivity contribution >= 4 is 34.7 Å². The second kappa shape index (κ2) is 7.93. The van der Waals surface area contributed by atoms with Crippen LogP contribution in [0.3, 0.4) is 0 Å². The molecule has 0 saturated carbocycles. The molecule has 0 amide bonds. The van der Waals surface area contributed by atoms with E-state index in [9.17, 15) is 4.79 Å². The molecule has 0 aliphatic rings. The van der Waals surface area contributed by atoms with Gasteiger partial charge in [0.1, 0.15) is 12.4 Å². The van der Waals surface area contributed by atoms with Gasteiger partial charge < -0.3 is 19.2 Å². The van der Waals surface area contributed by atoms with Crippen LogP contribution in [0.2, 0.25) is 5.02 Å². The fourth-order valence-corrected chi connectivity index (χ4v) is 2.75. The second-order valence-electron chi connectivity index (χ2n) is 5.66. The number of carbonyl (C=O) groups is 1. The van der Waals surface area contributed by atoms with Gasteiger partial charge in [-0.15, -0.1) is 0 Å². The molecule has 1 N–H and O–H groups in total. The number of aromatic nitrogens is 1. The zero-order valence-corrected chi connectivity index (χ0v) is 14.8. The van der Waals surface area contributed by atoms with Crippen LogP contribution in [0, 0.1) is 0 Å². The molecular weight excluding hydrogens is 356 g/mol. The maximum Gasteiger partial charge on any atom is 0.344 e. The highest BCUT2D eigenvalue weighted by Gasteiger charge is 2.08. The third-order valence-corrected chi connectivity index (χ3v) is 4.17. The number of halogens is 1. The second-order valence-corrected chi connectivity index (χ2v) is 6.06. The van der Waals surface area contributed by atoms with Gasteiger partial charge in [-0.3, -0.25) is 0 Å². The lowest BCUT2D eigenvalue weighted by Gasteiger charge is -2.08. The molecule has 2 aromatic carbocycles. The number of nitrogens with zero attached hydrogens (tertiary/aromatic N) is 2. The van der Waals surface area contributed by atoms with E-state index in [1.165, 1.54) is 6.21 Å². The first-order valence-electron chi connectivity index (χ1n) is 7.87. The molecule has 0 spiro atoms. The van der Waals surface area contributed by atoms with Crippen LogP contribution in [0.1, 0.15) is 11.1 Å². The summed E-state index contributed by atoms with van der Waals surface area (Å²) >= 11 is 6.15. The van der Waals surface area contributed by atoms with E-state index < -0.39 is 12.6 Å². The molecule has 0 radical (unpaired) electrons. The van der Waals surface area contributed by atoms with Gasteiger partial charge in [0.2, 0.25) is 6.61 Å². The Morgan fingerprint density at radius 2 is 2.12 bits per heavy atom. The summed E-state index contributed by atoms with van der Waals surface area (Å²) in [5.41, 5.74) is 2.71. The molecule has 26 heavy (non-hydrogen) atoms. The zero-order chi connectivity index (χ0) is 18.5. The van der Waals surface area contributed by atoms with Crippen molar-refractivity contribution in [3.8, 4) is 5.75 Å². The highest BCUT2D eigenvalue weighted by Crippen LogP contribution is 2.26. The van der Waals surface area contributed by atoms with Crippen molar-refractivity contribution in [2.45, 2.75) is 6.61 Å². The molecule has 7 heteroatoms. The van der Waals surface area contributed by atoms with E-state index in [-0.39, 0.29) is 0 Å². The normalized spacial score (nSPS) is 11.2. The van der Waals surface area contributed by atoms with Crippen molar-refractivity contribution in [2.24, 2.45) is 12.2 Å². The van der Waals surface area contributed by atoms with E-state index in [0.29, 0.717) is 17.4 Å². The van der Waals surface area contributed by atoms with Crippen LogP contribution in [0.25, 0.3) is 10.9 Å². The number of rotatable bonds is 7. The van der Waals surface area contributed by atoms with Gasteiger partial charge >= 0.3 is 5.97 Å². The van der Waals surface area contributed by atoms with Gasteiger partial charge in [-0.25, -0.2) is 4.79 Å². The summed E-state index contributed by atoms with van der Waals surface area (Å²) in [6, 6.07) is 13.3. The van der Waals surface area contributed by atoms with Crippen LogP contribution in [-0.4, -0.2) is 28.5 Å². The Kier molecular flexibility index (Phi) is 5.43. The largest absolute Gasteiger partial charge is 0.489 e. The first-order chi connectivity index (χ1) is 12.5. The summed E-state index contributed by atoms with van der Waals surface area (Å²) < 4.78 is 7.81. The lowest BCUT2D eigenvalue weighted by molar-refractivity contribution is -0.142. The zero-order valence-electron chi connectivity index (χ0n) is 14.1. The predicted octanol–water partition coefficient (Wildman–Crippen LogP) is 3.85. The standard InChI is InChI=1S/C19H17ClN2O4/c1-22-10-14(9-21-26-12-19(23)24)16-8-15(6-7-18(16)22)25-11-13-4-2-3-5-17(13)20/h2-10H,11-12H2,1H3,(H,23,24)/b21-9+. The summed E-state index contributed by atoms with van der Waals surface area (Å²) in [5, 5.41) is 13.9. The summed E-state index contributed by atoms with van der Waals surface area (Å²) in [6.45, 7) is -0.114. The highest BCUT2D eigenvalue weighted by atomic mass is 35.5. The van der Waals surface area contributed by atoms with Crippen molar-refractivity contribution in [3.05, 3.63) is 64.8 Å². The molecule has 0 bridgehead atoms. The Bertz CT molecular complexity index is 965. The van der Waals surface area contributed by atoms with E-state index >= 15 is 0 Å². The lowest BCUT2D eigenvalue weighted by atomic mass is 10.2. The first-order valence-corrected chi connectivity index (χ1v) is 8.25. The Morgan fingerprint density at radius 3 is 2.88 bits per heavy atom. The van der Waals surface area contributed by atoms with E-state index in [1.807, 2.05) is 60.3 Å². The van der Waals surface area contributed by atoms with Gasteiger partial charge in [0.15, 0.2) is 0 Å². The van der Waals surface area contributed by atoms with Crippen LogP contribution >= 0.6 is 11.6 Å². The minimum Gasteiger partial charge on any atom is -0.489 e. The third-order valence-electron chi connectivity index (χ3n) is 3.80. The lowest BCUT2D eigenvalue weighted by Crippen LogP contribution is -2.03. The monoisotopic (exact) mass is 372 g/mol. The molecular formula is C19H17ClN2O4. The van der Waals surface area contributed by atoms with Gasteiger partial charge in [0, 0.05) is 40.3 Å². The first kappa shape index (κ1) is 17.8. The smallest absolute Gasteiger partial charge is 0.344 e. The highest BCUT2D eigenvalue weighted by molar-refractivity contribution is 6.31. The molecule has 0 aliphatic carbocycles. The number of aliphatic carboxylic acids is 1. The topological polar surface area (TPSA) is 73.1 Å². The summed E-state index contributed by atoms with van der Waals surface area (Å²) in [5.74, 6) is -0.375. The van der Waals surface area contributed by atoms with Gasteiger partial charge in [-0.1, -0.05) is 35.0 Å². The summed E-state index contributed by atoms with van der Waals surface area (Å²) in [4.78, 5) is 15.2. The van der Waals surface area contributed by atoms with Crippen LogP contribution in [0.5, 0.6) is 5.75 Å². The number of aryl methyl sites for hydroxylation is 1. The number of ether oxygens (including phenoxy) is 1. The molecule has 1 heterocycles. The van der Waals surface area contributed by atoms with Crippen LogP contribution in [0.4, 0.5) is 0 Å². The molecule has 0 aliphatic heterocycles. The average Bonchev–Trinajstić information content (AvgIpc) is 2.93. The SMILES string of the molecule is Cn1cc(/C=N/OCC(=O)O)c2cc(OCc3ccccc3Cl)ccc21. The van der Waals surface area contributed by atoms with Gasteiger partial charge in [-0.05, 0) is 24.3 Å². The number of hydrogen-bond acceptors (Lipinski definition) is 4. The number of carboxylic acid groups (broad SMARTS) is 1. The Hall–Kier alpha value is -2.99. The van der Waals surface area contributed by atoms with Crippen molar-refractivity contribution in [3.63, 3.8) is 0 Å². The molecule has 3 rings (SSSR count). The average molecular weight is 373 g/mol. The molecule has 0 unspecified atom stereocenters. The fraction of sp³-hybridized carbons (Fsp3) is 0.158. The van der Waals surface area contributed by atoms with Gasteiger partial charge in [-0.2, -0.15) is 0 Å². The maximum atomic E-state index is 10.5. The van der Waals surface area contributed by atoms with Crippen LogP contribution < -0.4 is 4.74 Å². The minimum absolute atomic E-state index is 0.364. The minimum atomic E-state index is -1.07. The van der Waals surface area contributed by atoms with Crippen molar-refractivity contribution in [1.29, 1.82) is 0 Å². The summed E-state index contributed by atoms with van der Waals surface area (Å²) in [7, 11) is 1.92. The fourth-order valence-electron chi connectivity index (χ4n) is 2.56. The number of fused-ring (bicyclic) bond motifs is 1. The molecule has 134 valence electrons. The van der Waals surface area contributed by atoms with Crippen LogP contribution in [0.15, 0.2) is 53.8 Å². The summed E-state index contributed by atoms with van der Waals surface area (Å²) in [6.07, 6.45) is 3.37. The molecule has 1 aromatic heterocycles. The van der Waals surface area contributed by atoms with Crippen molar-refractivity contribution in [1.82, 2.24) is 4.57 Å². The molecule has 6 nitrogen and oxygen atoms in total. The van der Waals surface area contributed by atoms with E-state index in [4.69, 9.17) is 26.3 Å². The Labute approximate surface area is 155 Å². The van der Waals surface area contributed by atoms with Crippen LogP contribution in [-0.2, 0) is 23.3 Å². The predicted molar refractivity (Wildman–Crippen MR) is 99.9 cm³/mol. The van der Waals surface area contributed by atoms with Gasteiger partial charge in [0.05, 0.1) is 6.21 Å². The van der Waals surface area contributed by atoms with E-state index in [1.54, 1.807) is 0 Å². The van der Waals surface area contributed by atoms with E-state index in [2.05, 4.69) is 5.16 Å². The number of hydrogen-bond donors (Lipinski definition) is 1. The quantitative estimate of drug-likeness (QED) is 0.505. The Balaban J connectivity index is 1.79. The van der Waals surface area contributed by atoms with Crippen molar-refractivity contribution < 1.29 is 19.5 Å². The maximum absolute atomic E-state index is 10.5.